The van der Waals surface area contributed by atoms with Crippen molar-refractivity contribution in [2.75, 3.05) is 25.2 Å². The van der Waals surface area contributed by atoms with Crippen LogP contribution in [-0.2, 0) is 19.2 Å². The van der Waals surface area contributed by atoms with Gasteiger partial charge in [-0.05, 0) is 37.0 Å². The lowest BCUT2D eigenvalue weighted by Gasteiger charge is -2.51. The van der Waals surface area contributed by atoms with Gasteiger partial charge in [0, 0.05) is 24.6 Å². The van der Waals surface area contributed by atoms with Gasteiger partial charge in [0.15, 0.2) is 9.75 Å². The molecule has 1 saturated carbocycles. The van der Waals surface area contributed by atoms with Gasteiger partial charge in [0.1, 0.15) is 23.7 Å². The molecule has 6 atom stereocenters. The number of carbonyl (C=O) groups is 5. The molecule has 2 heterocycles. The van der Waals surface area contributed by atoms with E-state index in [1.807, 2.05) is 0 Å². The van der Waals surface area contributed by atoms with E-state index < -0.39 is 74.3 Å². The van der Waals surface area contributed by atoms with E-state index in [9.17, 15) is 39.3 Å². The van der Waals surface area contributed by atoms with E-state index in [-0.39, 0.29) is 31.7 Å². The van der Waals surface area contributed by atoms with Crippen LogP contribution in [0.5, 0.6) is 11.5 Å². The number of likely N-dealkylation sites (tertiary alicyclic amines) is 1. The standard InChI is InChI=1S/C30H26Cl2N2O9/c1-33-27(41)29(31)13-19-15(23(30(29,32)28(33)42)17-4-2-3-5-21(17)43-11-10-35)8-9-18-22(19)25(38)34(24(18)37)14-6-7-16(26(39)40)20(36)12-14/h2-8,12,18-19,22-23,35-36H,9-11,13H2,1H3,(H,39,40)/t18-,19+,22-,23+,29+,30-/m0/s1. The first-order chi connectivity index (χ1) is 20.4. The van der Waals surface area contributed by atoms with Crippen molar-refractivity contribution in [1.29, 1.82) is 0 Å². The molecule has 0 aromatic heterocycles. The third kappa shape index (κ3) is 3.87. The van der Waals surface area contributed by atoms with Crippen LogP contribution in [-0.4, -0.2) is 79.8 Å². The maximum atomic E-state index is 14.1. The smallest absolute Gasteiger partial charge is 0.339 e. The number of phenols is 1. The molecule has 0 spiro atoms. The molecular formula is C30H26Cl2N2O9. The Hall–Kier alpha value is -3.93. The molecule has 0 unspecified atom stereocenters. The van der Waals surface area contributed by atoms with Crippen LogP contribution in [0.15, 0.2) is 54.1 Å². The number of carboxylic acids is 1. The van der Waals surface area contributed by atoms with Gasteiger partial charge in [-0.25, -0.2) is 9.69 Å². The van der Waals surface area contributed by atoms with Crippen LogP contribution < -0.4 is 9.64 Å². The number of aliphatic hydroxyl groups is 1. The molecule has 13 heteroatoms. The number of nitrogens with zero attached hydrogens (tertiary/aromatic N) is 2. The third-order valence-electron chi connectivity index (χ3n) is 9.06. The maximum absolute atomic E-state index is 14.1. The first kappa shape index (κ1) is 29.2. The number of fused-ring (bicyclic) bond motifs is 4. The third-order valence-corrected chi connectivity index (χ3v) is 10.5. The predicted molar refractivity (Wildman–Crippen MR) is 152 cm³/mol. The Morgan fingerprint density at radius 3 is 2.44 bits per heavy atom. The molecular weight excluding hydrogens is 603 g/mol. The first-order valence-corrected chi connectivity index (χ1v) is 14.3. The molecule has 0 radical (unpaired) electrons. The van der Waals surface area contributed by atoms with E-state index in [1.165, 1.54) is 13.1 Å². The number of para-hydroxylation sites is 1. The van der Waals surface area contributed by atoms with Crippen LogP contribution in [0.3, 0.4) is 0 Å². The van der Waals surface area contributed by atoms with Gasteiger partial charge in [-0.1, -0.05) is 29.8 Å². The summed E-state index contributed by atoms with van der Waals surface area (Å²) in [5, 5.41) is 28.9. The predicted octanol–water partition coefficient (Wildman–Crippen LogP) is 2.65. The Morgan fingerprint density at radius 1 is 1.05 bits per heavy atom. The van der Waals surface area contributed by atoms with Crippen LogP contribution in [0, 0.1) is 17.8 Å². The number of halogens is 2. The summed E-state index contributed by atoms with van der Waals surface area (Å²) in [4.78, 5) is 64.3. The van der Waals surface area contributed by atoms with Gasteiger partial charge in [0.05, 0.1) is 24.1 Å². The zero-order valence-electron chi connectivity index (χ0n) is 22.7. The monoisotopic (exact) mass is 628 g/mol. The molecule has 11 nitrogen and oxygen atoms in total. The molecule has 224 valence electrons. The van der Waals surface area contributed by atoms with Crippen LogP contribution in [0.25, 0.3) is 0 Å². The van der Waals surface area contributed by atoms with Gasteiger partial charge in [-0.15, -0.1) is 23.2 Å². The molecule has 4 amide bonds. The number of amides is 4. The van der Waals surface area contributed by atoms with E-state index in [0.29, 0.717) is 16.9 Å². The van der Waals surface area contributed by atoms with Crippen molar-refractivity contribution in [2.45, 2.75) is 28.5 Å². The number of imide groups is 2. The highest BCUT2D eigenvalue weighted by Crippen LogP contribution is 2.66. The highest BCUT2D eigenvalue weighted by molar-refractivity contribution is 6.53. The number of hydrogen-bond acceptors (Lipinski definition) is 8. The summed E-state index contributed by atoms with van der Waals surface area (Å²) in [6, 6.07) is 10.2. The van der Waals surface area contributed by atoms with Crippen molar-refractivity contribution in [3.8, 4) is 11.5 Å². The van der Waals surface area contributed by atoms with Gasteiger partial charge in [0.25, 0.3) is 11.8 Å². The number of alkyl halides is 2. The van der Waals surface area contributed by atoms with E-state index in [0.717, 1.165) is 21.9 Å². The molecule has 0 bridgehead atoms. The molecule has 2 aromatic carbocycles. The summed E-state index contributed by atoms with van der Waals surface area (Å²) in [7, 11) is 1.29. The molecule has 2 saturated heterocycles. The summed E-state index contributed by atoms with van der Waals surface area (Å²) in [6.07, 6.45) is 1.69. The summed E-state index contributed by atoms with van der Waals surface area (Å²) in [5.41, 5.74) is 0.612. The van der Waals surface area contributed by atoms with E-state index in [2.05, 4.69) is 0 Å². The summed E-state index contributed by atoms with van der Waals surface area (Å²) < 4.78 is 5.79. The summed E-state index contributed by atoms with van der Waals surface area (Å²) in [5.74, 6) is -7.89. The Labute approximate surface area is 255 Å². The lowest BCUT2D eigenvalue weighted by molar-refractivity contribution is -0.138. The van der Waals surface area contributed by atoms with E-state index in [4.69, 9.17) is 27.9 Å². The zero-order valence-corrected chi connectivity index (χ0v) is 24.2. The summed E-state index contributed by atoms with van der Waals surface area (Å²) >= 11 is 14.4. The molecule has 2 aliphatic carbocycles. The van der Waals surface area contributed by atoms with Crippen molar-refractivity contribution in [2.24, 2.45) is 17.8 Å². The highest BCUT2D eigenvalue weighted by Gasteiger charge is 2.76. The molecule has 6 rings (SSSR count). The fourth-order valence-electron chi connectivity index (χ4n) is 7.19. The van der Waals surface area contributed by atoms with Crippen LogP contribution in [0.4, 0.5) is 5.69 Å². The maximum Gasteiger partial charge on any atom is 0.339 e. The largest absolute Gasteiger partial charge is 0.507 e. The van der Waals surface area contributed by atoms with Crippen molar-refractivity contribution in [1.82, 2.24) is 4.90 Å². The van der Waals surface area contributed by atoms with Crippen LogP contribution in [0.2, 0.25) is 0 Å². The average Bonchev–Trinajstić information content (AvgIpc) is 3.31. The second-order valence-corrected chi connectivity index (χ2v) is 12.4. The number of aromatic carboxylic acids is 1. The minimum atomic E-state index is -1.99. The molecule has 4 aliphatic rings. The second-order valence-electron chi connectivity index (χ2n) is 11.1. The van der Waals surface area contributed by atoms with Crippen LogP contribution in [0.1, 0.15) is 34.7 Å². The Bertz CT molecular complexity index is 1640. The van der Waals surface area contributed by atoms with E-state index >= 15 is 0 Å². The molecule has 3 fully saturated rings. The van der Waals surface area contributed by atoms with E-state index in [1.54, 1.807) is 30.3 Å². The molecule has 2 aliphatic heterocycles. The number of benzene rings is 2. The normalized spacial score (nSPS) is 31.5. The average molecular weight is 629 g/mol. The number of carboxylic acid groups (broad SMARTS) is 1. The van der Waals surface area contributed by atoms with Crippen LogP contribution >= 0.6 is 23.2 Å². The number of ether oxygens (including phenoxy) is 1. The second kappa shape index (κ2) is 10.1. The van der Waals surface area contributed by atoms with Gasteiger partial charge in [-0.2, -0.15) is 0 Å². The molecule has 43 heavy (non-hydrogen) atoms. The number of rotatable bonds is 6. The molecule has 3 N–H and O–H groups in total. The fraction of sp³-hybridized carbons (Fsp3) is 0.367. The topological polar surface area (TPSA) is 162 Å². The quantitative estimate of drug-likeness (QED) is 0.248. The number of aliphatic hydroxyl groups excluding tert-OH is 1. The minimum absolute atomic E-state index is 0.00249. The number of aromatic hydroxyl groups is 1. The SMILES string of the molecule is CN1C(=O)[C@]2(Cl)C[C@@H]3C(=CC[C@@H]4C(=O)N(c5ccc(C(=O)O)c(O)c5)C(=O)[C@@H]43)[C@H](c3ccccc3OCCO)[C@]2(Cl)C1=O. The Kier molecular flexibility index (Phi) is 6.83. The van der Waals surface area contributed by atoms with Crippen molar-refractivity contribution < 1.29 is 44.0 Å². The molecule has 2 aromatic rings. The number of hydrogen-bond donors (Lipinski definition) is 3. The summed E-state index contributed by atoms with van der Waals surface area (Å²) in [6.45, 7) is -0.338. The minimum Gasteiger partial charge on any atom is -0.507 e. The highest BCUT2D eigenvalue weighted by atomic mass is 35.5. The Morgan fingerprint density at radius 2 is 1.77 bits per heavy atom. The van der Waals surface area contributed by atoms with Crippen molar-refractivity contribution in [3.05, 3.63) is 65.2 Å². The van der Waals surface area contributed by atoms with Crippen molar-refractivity contribution >= 4 is 58.5 Å². The van der Waals surface area contributed by atoms with Gasteiger partial charge < -0.3 is 20.1 Å². The fourth-order valence-corrected chi connectivity index (χ4v) is 8.20. The Balaban J connectivity index is 1.49. The lowest BCUT2D eigenvalue weighted by atomic mass is 9.56. The van der Waals surface area contributed by atoms with Crippen molar-refractivity contribution in [3.63, 3.8) is 0 Å². The number of allylic oxidation sites excluding steroid dienone is 2. The first-order valence-electron chi connectivity index (χ1n) is 13.6. The van der Waals surface area contributed by atoms with Gasteiger partial charge >= 0.3 is 5.97 Å². The van der Waals surface area contributed by atoms with Gasteiger partial charge in [-0.3, -0.25) is 24.1 Å². The zero-order chi connectivity index (χ0) is 31.0. The number of anilines is 1. The van der Waals surface area contributed by atoms with Gasteiger partial charge in [0.2, 0.25) is 11.8 Å². The lowest BCUT2D eigenvalue weighted by Crippen LogP contribution is -2.60. The number of carbonyl (C=O) groups excluding carboxylic acids is 4.